The monoisotopic (exact) mass is 890 g/mol. The maximum absolute atomic E-state index is 9.91. The van der Waals surface area contributed by atoms with E-state index in [1.165, 1.54) is 0 Å². The van der Waals surface area contributed by atoms with Crippen molar-refractivity contribution in [3.63, 3.8) is 0 Å². The van der Waals surface area contributed by atoms with E-state index in [0.29, 0.717) is 0 Å². The fourth-order valence-corrected chi connectivity index (χ4v) is 2.20. The first-order valence-corrected chi connectivity index (χ1v) is 10.6. The average Bonchev–Trinajstić information content (AvgIpc) is 3.25. The van der Waals surface area contributed by atoms with Crippen molar-refractivity contribution in [3.8, 4) is 23.7 Å². The number of aliphatic hydroxyl groups is 2. The van der Waals surface area contributed by atoms with Gasteiger partial charge in [0, 0.05) is 80.0 Å². The first kappa shape index (κ1) is 97.5. The predicted octanol–water partition coefficient (Wildman–Crippen LogP) is 3.56. The summed E-state index contributed by atoms with van der Waals surface area (Å²) in [7, 11) is 0. The molecule has 0 spiro atoms. The summed E-state index contributed by atoms with van der Waals surface area (Å²) in [5.74, 6) is 11.7. The van der Waals surface area contributed by atoms with Gasteiger partial charge in [-0.2, -0.15) is 0 Å². The standard InChI is InChI=1S/C22H22O2.12CO.4Co/c23-21(19-13-7-5-8-14-19)17-11-3-1-2-4-12-18-22(24)20-15-9-6-10-16-20;12*1-2;;;;/h5-10,13-16,21-24H,1-4H2;;;;;;;;;;;;;;;;. The largest absolute Gasteiger partial charge is 0 e. The molecule has 2 aromatic rings. The summed E-state index contributed by atoms with van der Waals surface area (Å²) in [6.07, 6.45) is 1.92. The van der Waals surface area contributed by atoms with Crippen LogP contribution in [-0.4, -0.2) is 10.2 Å². The van der Waals surface area contributed by atoms with Crippen LogP contribution in [0.3, 0.4) is 0 Å². The summed E-state index contributed by atoms with van der Waals surface area (Å²) in [4.78, 5) is 0. The molecular weight excluding hydrogens is 868 g/mol. The third kappa shape index (κ3) is 97.0. The molecule has 18 heteroatoms. The molecule has 278 valence electrons. The molecule has 0 aliphatic carbocycles. The second-order valence-corrected chi connectivity index (χ2v) is 5.48. The first-order valence-electron chi connectivity index (χ1n) is 10.6. The maximum Gasteiger partial charge on any atom is 0 e. The molecule has 52 heavy (non-hydrogen) atoms. The second-order valence-electron chi connectivity index (χ2n) is 5.48. The number of hydrogen-bond donors (Lipinski definition) is 2. The van der Waals surface area contributed by atoms with E-state index in [-0.39, 0.29) is 67.1 Å². The van der Waals surface area contributed by atoms with Gasteiger partial charge in [0.25, 0.3) is 0 Å². The van der Waals surface area contributed by atoms with E-state index in [1.54, 1.807) is 0 Å². The number of aliphatic hydroxyl groups excluding tert-OH is 2. The van der Waals surface area contributed by atoms with Gasteiger partial charge in [-0.25, -0.2) is 0 Å². The molecule has 0 fully saturated rings. The topological polar surface area (TPSA) is 279 Å². The van der Waals surface area contributed by atoms with Crippen LogP contribution >= 0.6 is 0 Å². The molecule has 0 bridgehead atoms. The Balaban J connectivity index is -0.0000000322. The van der Waals surface area contributed by atoms with E-state index < -0.39 is 12.2 Å². The number of rotatable bonds is 5. The van der Waals surface area contributed by atoms with E-state index in [2.05, 4.69) is 103 Å². The molecule has 2 aromatic carbocycles. The molecule has 2 unspecified atom stereocenters. The summed E-state index contributed by atoms with van der Waals surface area (Å²) in [6.45, 7) is 54.0. The molecule has 0 heterocycles. The molecule has 0 amide bonds. The fraction of sp³-hybridized carbons (Fsp3) is 0.176. The normalized spacial score (nSPS) is 6.12. The fourth-order valence-electron chi connectivity index (χ4n) is 2.20. The van der Waals surface area contributed by atoms with Crippen LogP contribution in [-0.2, 0) is 123 Å². The minimum atomic E-state index is -0.716. The smallest absolute Gasteiger partial charge is 0 e. The zero-order chi connectivity index (χ0) is 41.0. The molecular formula is C34H22Co4O14. The Morgan fingerprint density at radius 3 is 0.712 bits per heavy atom. The number of hydrogen-bond acceptors (Lipinski definition) is 2. The summed E-state index contributed by atoms with van der Waals surface area (Å²) in [5.41, 5.74) is 1.65. The Hall–Kier alpha value is -3.61. The molecule has 2 rings (SSSR count). The van der Waals surface area contributed by atoms with E-state index in [0.717, 1.165) is 36.8 Å². The predicted molar refractivity (Wildman–Crippen MR) is 144 cm³/mol. The second kappa shape index (κ2) is 146. The summed E-state index contributed by atoms with van der Waals surface area (Å²) in [5, 5.41) is 19.8. The van der Waals surface area contributed by atoms with Crippen LogP contribution in [0.5, 0.6) is 0 Å². The van der Waals surface area contributed by atoms with E-state index in [9.17, 15) is 10.2 Å². The van der Waals surface area contributed by atoms with Gasteiger partial charge < -0.3 is 10.2 Å². The van der Waals surface area contributed by atoms with Gasteiger partial charge in [-0.3, -0.25) is 0 Å². The van der Waals surface area contributed by atoms with Gasteiger partial charge in [0.05, 0.1) is 0 Å². The van der Waals surface area contributed by atoms with Crippen LogP contribution in [0, 0.1) is 103 Å². The van der Waals surface area contributed by atoms with Crippen LogP contribution < -0.4 is 0 Å². The van der Waals surface area contributed by atoms with Gasteiger partial charge in [0.1, 0.15) is 12.2 Å². The van der Waals surface area contributed by atoms with Crippen molar-refractivity contribution in [1.29, 1.82) is 0 Å². The van der Waals surface area contributed by atoms with Crippen LogP contribution in [0.4, 0.5) is 0 Å². The van der Waals surface area contributed by atoms with Crippen LogP contribution in [0.25, 0.3) is 0 Å². The first-order chi connectivity index (χ1) is 23.8. The molecule has 0 saturated carbocycles. The zero-order valence-electron chi connectivity index (χ0n) is 25.9. The van der Waals surface area contributed by atoms with Crippen molar-refractivity contribution in [1.82, 2.24) is 0 Å². The van der Waals surface area contributed by atoms with Crippen molar-refractivity contribution < 1.29 is 133 Å². The zero-order valence-corrected chi connectivity index (χ0v) is 30.0. The van der Waals surface area contributed by atoms with Crippen molar-refractivity contribution in [2.75, 3.05) is 0 Å². The third-order valence-electron chi connectivity index (χ3n) is 3.56. The van der Waals surface area contributed by atoms with Gasteiger partial charge in [-0.1, -0.05) is 72.5 Å². The van der Waals surface area contributed by atoms with E-state index in [1.807, 2.05) is 60.7 Å². The maximum atomic E-state index is 9.91. The molecule has 0 aliphatic rings. The Morgan fingerprint density at radius 2 is 0.538 bits per heavy atom. The Morgan fingerprint density at radius 1 is 0.365 bits per heavy atom. The number of unbranched alkanes of at least 4 members (excludes halogenated alkanes) is 3. The molecule has 0 aliphatic heterocycles. The molecule has 4 radical (unpaired) electrons. The minimum Gasteiger partial charge on any atom is 0 e. The summed E-state index contributed by atoms with van der Waals surface area (Å²) in [6, 6.07) is 18.9. The molecule has 2 N–H and O–H groups in total. The van der Waals surface area contributed by atoms with E-state index in [4.69, 9.17) is 55.8 Å². The van der Waals surface area contributed by atoms with Gasteiger partial charge in [0.15, 0.2) is 0 Å². The van der Waals surface area contributed by atoms with Crippen molar-refractivity contribution >= 4 is 0 Å². The Kier molecular flexibility index (Phi) is 275. The minimum absolute atomic E-state index is 0. The molecule has 14 nitrogen and oxygen atoms in total. The molecule has 2 atom stereocenters. The van der Waals surface area contributed by atoms with Crippen molar-refractivity contribution in [3.05, 3.63) is 152 Å². The van der Waals surface area contributed by atoms with Crippen LogP contribution in [0.1, 0.15) is 49.0 Å². The molecule has 0 saturated heterocycles. The van der Waals surface area contributed by atoms with Gasteiger partial charge in [-0.15, -0.1) is 11.8 Å². The van der Waals surface area contributed by atoms with Gasteiger partial charge in [-0.05, 0) is 24.0 Å². The van der Waals surface area contributed by atoms with E-state index >= 15 is 0 Å². The van der Waals surface area contributed by atoms with Crippen molar-refractivity contribution in [2.45, 2.75) is 37.9 Å². The van der Waals surface area contributed by atoms with Crippen LogP contribution in [0.2, 0.25) is 0 Å². The Labute approximate surface area is 344 Å². The third-order valence-corrected chi connectivity index (χ3v) is 3.56. The number of benzene rings is 2. The van der Waals surface area contributed by atoms with Crippen LogP contribution in [0.15, 0.2) is 60.7 Å². The SMILES string of the molecule is OC(C#CCCCCC#CC(O)c1ccccc1)c1ccccc1.[C-]#[O+].[C-]#[O+].[C-]#[O+].[C-]#[O+].[C-]#[O+].[C-]#[O+].[C-]#[O+].[C-]#[O+].[C-]#[O+].[C-]#[O+].[C-]#[O+].[C-]#[O+].[Co].[Co].[Co].[Co]. The summed E-state index contributed by atoms with van der Waals surface area (Å²) < 4.78 is 90.0. The van der Waals surface area contributed by atoms with Crippen molar-refractivity contribution in [2.24, 2.45) is 0 Å². The molecule has 0 aromatic heterocycles. The average molecular weight is 890 g/mol. The summed E-state index contributed by atoms with van der Waals surface area (Å²) >= 11 is 0. The van der Waals surface area contributed by atoms with Gasteiger partial charge in [0.2, 0.25) is 0 Å². The van der Waals surface area contributed by atoms with Gasteiger partial charge >= 0.3 is 136 Å². The quantitative estimate of drug-likeness (QED) is 0.197. The Bertz CT molecular complexity index is 1080.